The number of aromatic nitrogens is 1. The number of allylic oxidation sites excluding steroid dienone is 1. The SMILES string of the molecule is C=CCCCC(NCc1ccc(OC(C)(C)C(=O)O)cc1)c1nc2ccccc2o1. The van der Waals surface area contributed by atoms with Crippen LogP contribution >= 0.6 is 0 Å². The number of oxazole rings is 1. The van der Waals surface area contributed by atoms with Crippen LogP contribution in [0.25, 0.3) is 11.1 Å². The number of carboxylic acids is 1. The van der Waals surface area contributed by atoms with E-state index in [0.717, 1.165) is 35.9 Å². The molecule has 3 aromatic rings. The second kappa shape index (κ2) is 9.59. The third kappa shape index (κ3) is 5.48. The zero-order chi connectivity index (χ0) is 21.6. The van der Waals surface area contributed by atoms with Gasteiger partial charge in [0.25, 0.3) is 0 Å². The number of carboxylic acid groups (broad SMARTS) is 1. The number of aliphatic carboxylic acids is 1. The molecule has 0 amide bonds. The summed E-state index contributed by atoms with van der Waals surface area (Å²) in [5.74, 6) is 0.199. The minimum Gasteiger partial charge on any atom is -0.478 e. The lowest BCUT2D eigenvalue weighted by molar-refractivity contribution is -0.152. The van der Waals surface area contributed by atoms with Crippen LogP contribution in [0.2, 0.25) is 0 Å². The summed E-state index contributed by atoms with van der Waals surface area (Å²) >= 11 is 0. The second-order valence-electron chi connectivity index (χ2n) is 7.73. The Balaban J connectivity index is 1.67. The lowest BCUT2D eigenvalue weighted by Gasteiger charge is -2.21. The maximum absolute atomic E-state index is 11.2. The Labute approximate surface area is 176 Å². The first-order valence-electron chi connectivity index (χ1n) is 10.1. The smallest absolute Gasteiger partial charge is 0.347 e. The van der Waals surface area contributed by atoms with E-state index in [9.17, 15) is 9.90 Å². The number of hydrogen-bond acceptors (Lipinski definition) is 5. The van der Waals surface area contributed by atoms with Crippen LogP contribution in [-0.4, -0.2) is 21.7 Å². The molecule has 158 valence electrons. The number of carbonyl (C=O) groups is 1. The second-order valence-corrected chi connectivity index (χ2v) is 7.73. The molecule has 2 aromatic carbocycles. The first kappa shape index (κ1) is 21.6. The van der Waals surface area contributed by atoms with Gasteiger partial charge < -0.3 is 19.6 Å². The Morgan fingerprint density at radius 3 is 2.67 bits per heavy atom. The molecule has 6 nitrogen and oxygen atoms in total. The quantitative estimate of drug-likeness (QED) is 0.333. The summed E-state index contributed by atoms with van der Waals surface area (Å²) in [6.45, 7) is 7.47. The predicted octanol–water partition coefficient (Wildman–Crippen LogP) is 5.26. The third-order valence-electron chi connectivity index (χ3n) is 4.87. The predicted molar refractivity (Wildman–Crippen MR) is 116 cm³/mol. The molecular weight excluding hydrogens is 380 g/mol. The Morgan fingerprint density at radius 1 is 1.27 bits per heavy atom. The van der Waals surface area contributed by atoms with Gasteiger partial charge in [0, 0.05) is 6.54 Å². The van der Waals surface area contributed by atoms with Crippen molar-refractivity contribution in [2.24, 2.45) is 0 Å². The first-order valence-corrected chi connectivity index (χ1v) is 10.1. The number of nitrogens with zero attached hydrogens (tertiary/aromatic N) is 1. The van der Waals surface area contributed by atoms with Gasteiger partial charge in [-0.05, 0) is 62.9 Å². The van der Waals surface area contributed by atoms with Gasteiger partial charge in [0.2, 0.25) is 5.89 Å². The van der Waals surface area contributed by atoms with Gasteiger partial charge in [0.15, 0.2) is 11.2 Å². The van der Waals surface area contributed by atoms with Crippen LogP contribution in [0, 0.1) is 0 Å². The Kier molecular flexibility index (Phi) is 6.90. The van der Waals surface area contributed by atoms with E-state index in [4.69, 9.17) is 9.15 Å². The normalized spacial score (nSPS) is 12.6. The fourth-order valence-corrected chi connectivity index (χ4v) is 3.07. The number of para-hydroxylation sites is 2. The van der Waals surface area contributed by atoms with Crippen molar-refractivity contribution in [3.05, 3.63) is 72.6 Å². The molecule has 1 unspecified atom stereocenters. The lowest BCUT2D eigenvalue weighted by Crippen LogP contribution is -2.37. The van der Waals surface area contributed by atoms with Gasteiger partial charge in [-0.1, -0.05) is 30.3 Å². The minimum absolute atomic E-state index is 0.0146. The molecule has 6 heteroatoms. The van der Waals surface area contributed by atoms with Crippen molar-refractivity contribution in [2.45, 2.75) is 51.3 Å². The highest BCUT2D eigenvalue weighted by atomic mass is 16.5. The van der Waals surface area contributed by atoms with Gasteiger partial charge in [0.05, 0.1) is 6.04 Å². The molecule has 1 atom stereocenters. The average Bonchev–Trinajstić information content (AvgIpc) is 3.15. The topological polar surface area (TPSA) is 84.6 Å². The van der Waals surface area contributed by atoms with Crippen molar-refractivity contribution < 1.29 is 19.1 Å². The van der Waals surface area contributed by atoms with Gasteiger partial charge in [-0.25, -0.2) is 9.78 Å². The van der Waals surface area contributed by atoms with Crippen LogP contribution in [0.1, 0.15) is 50.6 Å². The zero-order valence-corrected chi connectivity index (χ0v) is 17.4. The number of hydrogen-bond donors (Lipinski definition) is 2. The number of fused-ring (bicyclic) bond motifs is 1. The van der Waals surface area contributed by atoms with Crippen molar-refractivity contribution in [3.63, 3.8) is 0 Å². The fraction of sp³-hybridized carbons (Fsp3) is 0.333. The summed E-state index contributed by atoms with van der Waals surface area (Å²) in [5.41, 5.74) is 1.42. The molecule has 3 rings (SSSR count). The van der Waals surface area contributed by atoms with Crippen LogP contribution in [-0.2, 0) is 11.3 Å². The molecule has 0 aliphatic heterocycles. The zero-order valence-electron chi connectivity index (χ0n) is 17.4. The van der Waals surface area contributed by atoms with Crippen LogP contribution in [0.3, 0.4) is 0 Å². The number of unbranched alkanes of at least 4 members (excludes halogenated alkanes) is 1. The van der Waals surface area contributed by atoms with Gasteiger partial charge in [0.1, 0.15) is 11.3 Å². The average molecular weight is 408 g/mol. The Morgan fingerprint density at radius 2 is 2.00 bits per heavy atom. The summed E-state index contributed by atoms with van der Waals surface area (Å²) < 4.78 is 11.5. The summed E-state index contributed by atoms with van der Waals surface area (Å²) in [6.07, 6.45) is 4.72. The third-order valence-corrected chi connectivity index (χ3v) is 4.87. The largest absolute Gasteiger partial charge is 0.478 e. The highest BCUT2D eigenvalue weighted by Crippen LogP contribution is 2.25. The van der Waals surface area contributed by atoms with Crippen LogP contribution in [0.5, 0.6) is 5.75 Å². The maximum atomic E-state index is 11.2. The van der Waals surface area contributed by atoms with Crippen molar-refractivity contribution in [2.75, 3.05) is 0 Å². The summed E-state index contributed by atoms with van der Waals surface area (Å²) in [4.78, 5) is 15.9. The van der Waals surface area contributed by atoms with Crippen molar-refractivity contribution in [3.8, 4) is 5.75 Å². The molecule has 30 heavy (non-hydrogen) atoms. The van der Waals surface area contributed by atoms with Gasteiger partial charge >= 0.3 is 5.97 Å². The lowest BCUT2D eigenvalue weighted by atomic mass is 10.1. The molecule has 0 aliphatic carbocycles. The van der Waals surface area contributed by atoms with Gasteiger partial charge in [-0.15, -0.1) is 6.58 Å². The van der Waals surface area contributed by atoms with Gasteiger partial charge in [-0.2, -0.15) is 0 Å². The molecule has 0 radical (unpaired) electrons. The number of rotatable bonds is 11. The van der Waals surface area contributed by atoms with E-state index in [-0.39, 0.29) is 6.04 Å². The van der Waals surface area contributed by atoms with Crippen LogP contribution in [0.15, 0.2) is 65.6 Å². The molecule has 1 heterocycles. The van der Waals surface area contributed by atoms with Gasteiger partial charge in [-0.3, -0.25) is 0 Å². The minimum atomic E-state index is -1.27. The summed E-state index contributed by atoms with van der Waals surface area (Å²) in [7, 11) is 0. The van der Waals surface area contributed by atoms with Crippen molar-refractivity contribution >= 4 is 17.1 Å². The molecular formula is C24H28N2O4. The molecule has 0 saturated carbocycles. The number of ether oxygens (including phenoxy) is 1. The summed E-state index contributed by atoms with van der Waals surface area (Å²) in [6, 6.07) is 15.2. The first-order chi connectivity index (χ1) is 14.4. The van der Waals surface area contributed by atoms with E-state index in [1.54, 1.807) is 12.1 Å². The molecule has 0 bridgehead atoms. The number of benzene rings is 2. The van der Waals surface area contributed by atoms with Crippen LogP contribution < -0.4 is 10.1 Å². The van der Waals surface area contributed by atoms with Crippen molar-refractivity contribution in [1.29, 1.82) is 0 Å². The molecule has 0 fully saturated rings. The fourth-order valence-electron chi connectivity index (χ4n) is 3.07. The Hall–Kier alpha value is -3.12. The van der Waals surface area contributed by atoms with E-state index in [1.807, 2.05) is 42.5 Å². The highest BCUT2D eigenvalue weighted by Gasteiger charge is 2.29. The molecule has 0 aliphatic rings. The van der Waals surface area contributed by atoms with Crippen molar-refractivity contribution in [1.82, 2.24) is 10.3 Å². The number of nitrogens with one attached hydrogen (secondary N) is 1. The molecule has 0 saturated heterocycles. The monoisotopic (exact) mass is 408 g/mol. The molecule has 0 spiro atoms. The van der Waals surface area contributed by atoms with E-state index >= 15 is 0 Å². The standard InChI is InChI=1S/C24H28N2O4/c1-4-5-6-10-20(22-26-19-9-7-8-11-21(19)29-22)25-16-17-12-14-18(15-13-17)30-24(2,3)23(27)28/h4,7-9,11-15,20,25H,1,5-6,10,16H2,2-3H3,(H,27,28). The molecule has 2 N–H and O–H groups in total. The highest BCUT2D eigenvalue weighted by molar-refractivity contribution is 5.76. The van der Waals surface area contributed by atoms with E-state index in [0.29, 0.717) is 18.2 Å². The van der Waals surface area contributed by atoms with E-state index < -0.39 is 11.6 Å². The van der Waals surface area contributed by atoms with E-state index in [2.05, 4.69) is 16.9 Å². The molecule has 1 aromatic heterocycles. The Bertz CT molecular complexity index is 959. The summed E-state index contributed by atoms with van der Waals surface area (Å²) in [5, 5.41) is 12.7. The van der Waals surface area contributed by atoms with E-state index in [1.165, 1.54) is 13.8 Å². The maximum Gasteiger partial charge on any atom is 0.347 e. The van der Waals surface area contributed by atoms with Crippen LogP contribution in [0.4, 0.5) is 0 Å².